The van der Waals surface area contributed by atoms with Crippen LogP contribution in [0.25, 0.3) is 22.0 Å². The third-order valence-electron chi connectivity index (χ3n) is 6.99. The van der Waals surface area contributed by atoms with Crippen molar-refractivity contribution in [1.29, 1.82) is 0 Å². The molecule has 6 rings (SSSR count). The number of aromatic nitrogens is 2. The van der Waals surface area contributed by atoms with Gasteiger partial charge < -0.3 is 9.80 Å². The van der Waals surface area contributed by atoms with Crippen molar-refractivity contribution in [3.8, 4) is 11.1 Å². The van der Waals surface area contributed by atoms with Crippen LogP contribution in [0.3, 0.4) is 0 Å². The zero-order valence-electron chi connectivity index (χ0n) is 19.5. The highest BCUT2D eigenvalue weighted by atomic mass is 79.9. The van der Waals surface area contributed by atoms with E-state index in [-0.39, 0.29) is 5.91 Å². The minimum absolute atomic E-state index is 0.0866. The van der Waals surface area contributed by atoms with Gasteiger partial charge in [0.05, 0.1) is 11.1 Å². The monoisotopic (exact) mass is 526 g/mol. The van der Waals surface area contributed by atoms with E-state index in [1.807, 2.05) is 29.2 Å². The highest BCUT2D eigenvalue weighted by Gasteiger charge is 2.33. The predicted molar refractivity (Wildman–Crippen MR) is 143 cm³/mol. The molecule has 0 unspecified atom stereocenters. The molecule has 6 heteroatoms. The first kappa shape index (κ1) is 22.2. The first-order chi connectivity index (χ1) is 17.2. The maximum atomic E-state index is 13.4. The molecule has 176 valence electrons. The van der Waals surface area contributed by atoms with Crippen LogP contribution in [0.15, 0.2) is 77.5 Å². The molecule has 0 bridgehead atoms. The van der Waals surface area contributed by atoms with Crippen LogP contribution in [0.5, 0.6) is 0 Å². The second-order valence-electron chi connectivity index (χ2n) is 9.47. The summed E-state index contributed by atoms with van der Waals surface area (Å²) in [4.78, 5) is 26.9. The number of benzene rings is 3. The van der Waals surface area contributed by atoms with Gasteiger partial charge in [-0.25, -0.2) is 9.97 Å². The maximum Gasteiger partial charge on any atom is 0.255 e. The lowest BCUT2D eigenvalue weighted by atomic mass is 10.0. The molecule has 1 aromatic heterocycles. The summed E-state index contributed by atoms with van der Waals surface area (Å²) in [7, 11) is 0. The number of rotatable bonds is 6. The number of hydrogen-bond acceptors (Lipinski definition) is 4. The van der Waals surface area contributed by atoms with E-state index in [0.717, 1.165) is 69.4 Å². The van der Waals surface area contributed by atoms with Gasteiger partial charge in [-0.15, -0.1) is 0 Å². The quantitative estimate of drug-likeness (QED) is 0.289. The Morgan fingerprint density at radius 2 is 1.74 bits per heavy atom. The van der Waals surface area contributed by atoms with Gasteiger partial charge in [-0.05, 0) is 88.6 Å². The molecule has 4 aromatic rings. The fourth-order valence-corrected chi connectivity index (χ4v) is 5.45. The van der Waals surface area contributed by atoms with Gasteiger partial charge in [0.15, 0.2) is 0 Å². The van der Waals surface area contributed by atoms with Gasteiger partial charge in [-0.2, -0.15) is 0 Å². The summed E-state index contributed by atoms with van der Waals surface area (Å²) in [5.74, 6) is 1.12. The van der Waals surface area contributed by atoms with Gasteiger partial charge in [0.1, 0.15) is 12.1 Å². The van der Waals surface area contributed by atoms with Crippen LogP contribution in [-0.2, 0) is 6.54 Å². The summed E-state index contributed by atoms with van der Waals surface area (Å²) < 4.78 is 0.844. The maximum absolute atomic E-state index is 13.4. The summed E-state index contributed by atoms with van der Waals surface area (Å²) in [6, 6.07) is 23.0. The van der Waals surface area contributed by atoms with E-state index < -0.39 is 0 Å². The second-order valence-corrected chi connectivity index (χ2v) is 10.3. The van der Waals surface area contributed by atoms with Gasteiger partial charge in [0, 0.05) is 35.5 Å². The summed E-state index contributed by atoms with van der Waals surface area (Å²) >= 11 is 3.55. The normalized spacial score (nSPS) is 15.5. The van der Waals surface area contributed by atoms with Gasteiger partial charge in [-0.1, -0.05) is 36.4 Å². The van der Waals surface area contributed by atoms with E-state index in [1.54, 1.807) is 6.33 Å². The molecule has 0 radical (unpaired) electrons. The molecule has 1 amide bonds. The molecule has 1 saturated carbocycles. The third kappa shape index (κ3) is 4.55. The number of anilines is 1. The molecular weight excluding hydrogens is 500 g/mol. The molecule has 1 saturated heterocycles. The molecule has 5 nitrogen and oxygen atoms in total. The van der Waals surface area contributed by atoms with Gasteiger partial charge >= 0.3 is 0 Å². The van der Waals surface area contributed by atoms with E-state index in [2.05, 4.69) is 73.3 Å². The van der Waals surface area contributed by atoms with E-state index in [4.69, 9.17) is 0 Å². The van der Waals surface area contributed by atoms with Gasteiger partial charge in [0.2, 0.25) is 0 Å². The van der Waals surface area contributed by atoms with Crippen LogP contribution in [0.4, 0.5) is 5.82 Å². The highest BCUT2D eigenvalue weighted by molar-refractivity contribution is 9.10. The zero-order valence-corrected chi connectivity index (χ0v) is 21.1. The standard InChI is InChI=1S/C29H27BrN4O/c30-26-9-2-1-8-24(26)29(35)34(23-11-12-23)18-20-6-5-7-21(16-20)22-10-13-27-25(17-22)28(32-19-31-27)33-14-3-4-15-33/h1-2,5-10,13,16-17,19,23H,3-4,11-12,14-15,18H2. The third-order valence-corrected chi connectivity index (χ3v) is 7.68. The van der Waals surface area contributed by atoms with Crippen molar-refractivity contribution >= 4 is 38.6 Å². The second kappa shape index (κ2) is 9.42. The summed E-state index contributed by atoms with van der Waals surface area (Å²) in [5.41, 5.74) is 5.12. The van der Waals surface area contributed by atoms with E-state index in [1.165, 1.54) is 12.8 Å². The Hall–Kier alpha value is -3.25. The number of nitrogens with zero attached hydrogens (tertiary/aromatic N) is 4. The number of halogens is 1. The fraction of sp³-hybridized carbons (Fsp3) is 0.276. The first-order valence-electron chi connectivity index (χ1n) is 12.3. The van der Waals surface area contributed by atoms with Crippen LogP contribution >= 0.6 is 15.9 Å². The number of amides is 1. The van der Waals surface area contributed by atoms with Crippen molar-refractivity contribution in [3.05, 3.63) is 88.7 Å². The minimum Gasteiger partial charge on any atom is -0.356 e. The van der Waals surface area contributed by atoms with Crippen molar-refractivity contribution in [2.24, 2.45) is 0 Å². The number of hydrogen-bond donors (Lipinski definition) is 0. The average Bonchev–Trinajstić information content (AvgIpc) is 3.59. The molecule has 2 fully saturated rings. The first-order valence-corrected chi connectivity index (χ1v) is 13.1. The minimum atomic E-state index is 0.0866. The van der Waals surface area contributed by atoms with Crippen molar-refractivity contribution in [2.45, 2.75) is 38.3 Å². The molecular formula is C29H27BrN4O. The molecule has 35 heavy (non-hydrogen) atoms. The lowest BCUT2D eigenvalue weighted by molar-refractivity contribution is 0.0729. The van der Waals surface area contributed by atoms with Gasteiger partial charge in [-0.3, -0.25) is 4.79 Å². The lowest BCUT2D eigenvalue weighted by Crippen LogP contribution is -2.32. The molecule has 0 atom stereocenters. The van der Waals surface area contributed by atoms with Crippen molar-refractivity contribution in [3.63, 3.8) is 0 Å². The Balaban J connectivity index is 1.31. The average molecular weight is 527 g/mol. The summed E-state index contributed by atoms with van der Waals surface area (Å²) in [5, 5.41) is 1.10. The number of carbonyl (C=O) groups excluding carboxylic acids is 1. The summed E-state index contributed by atoms with van der Waals surface area (Å²) in [6.45, 7) is 2.71. The van der Waals surface area contributed by atoms with Crippen LogP contribution in [0.2, 0.25) is 0 Å². The molecule has 1 aliphatic heterocycles. The van der Waals surface area contributed by atoms with Crippen LogP contribution in [0.1, 0.15) is 41.6 Å². The molecule has 1 aliphatic carbocycles. The van der Waals surface area contributed by atoms with Crippen molar-refractivity contribution in [1.82, 2.24) is 14.9 Å². The molecule has 2 aliphatic rings. The fourth-order valence-electron chi connectivity index (χ4n) is 4.99. The Morgan fingerprint density at radius 1 is 0.943 bits per heavy atom. The summed E-state index contributed by atoms with van der Waals surface area (Å²) in [6.07, 6.45) is 6.23. The molecule has 3 aromatic carbocycles. The van der Waals surface area contributed by atoms with E-state index in [9.17, 15) is 4.79 Å². The van der Waals surface area contributed by atoms with Crippen molar-refractivity contribution < 1.29 is 4.79 Å². The van der Waals surface area contributed by atoms with Crippen molar-refractivity contribution in [2.75, 3.05) is 18.0 Å². The lowest BCUT2D eigenvalue weighted by Gasteiger charge is -2.23. The Morgan fingerprint density at radius 3 is 2.54 bits per heavy atom. The van der Waals surface area contributed by atoms with Crippen LogP contribution in [0, 0.1) is 0 Å². The number of carbonyl (C=O) groups is 1. The zero-order chi connectivity index (χ0) is 23.8. The number of fused-ring (bicyclic) bond motifs is 1. The van der Waals surface area contributed by atoms with E-state index in [0.29, 0.717) is 12.6 Å². The SMILES string of the molecule is O=C(c1ccccc1Br)N(Cc1cccc(-c2ccc3ncnc(N4CCCC4)c3c2)c1)C1CC1. The predicted octanol–water partition coefficient (Wildman–Crippen LogP) is 6.46. The largest absolute Gasteiger partial charge is 0.356 e. The molecule has 2 heterocycles. The Kier molecular flexibility index (Phi) is 5.98. The molecule has 0 N–H and O–H groups in total. The Labute approximate surface area is 213 Å². The molecule has 0 spiro atoms. The van der Waals surface area contributed by atoms with Crippen LogP contribution < -0.4 is 4.90 Å². The smallest absolute Gasteiger partial charge is 0.255 e. The van der Waals surface area contributed by atoms with Crippen LogP contribution in [-0.4, -0.2) is 39.9 Å². The highest BCUT2D eigenvalue weighted by Crippen LogP contribution is 2.33. The topological polar surface area (TPSA) is 49.3 Å². The Bertz CT molecular complexity index is 1390. The van der Waals surface area contributed by atoms with Gasteiger partial charge in [0.25, 0.3) is 5.91 Å². The van der Waals surface area contributed by atoms with E-state index >= 15 is 0 Å².